The van der Waals surface area contributed by atoms with Gasteiger partial charge in [-0.25, -0.2) is 8.42 Å². The molecular weight excluding hydrogens is 443 g/mol. The Morgan fingerprint density at radius 3 is 2.20 bits per heavy atom. The predicted octanol–water partition coefficient (Wildman–Crippen LogP) is 5.75. The minimum Gasteiger partial charge on any atom is -0.323 e. The van der Waals surface area contributed by atoms with Crippen LogP contribution in [0.5, 0.6) is 0 Å². The summed E-state index contributed by atoms with van der Waals surface area (Å²) in [6, 6.07) is 17.9. The molecular formula is C22H18Cl2N2O3S. The molecule has 0 aromatic heterocycles. The number of carbonyl (C=O) groups is 1. The third-order valence-corrected chi connectivity index (χ3v) is 6.04. The van der Waals surface area contributed by atoms with E-state index in [2.05, 4.69) is 10.0 Å². The second-order valence-corrected chi connectivity index (χ2v) is 9.02. The Hall–Kier alpha value is -2.80. The SMILES string of the molecule is Cc1ccc(Cl)cc1NS(=O)(=O)c1ccc(NC(=O)/C=C/c2ccc(Cl)cc2)cc1. The number of amides is 1. The smallest absolute Gasteiger partial charge is 0.261 e. The molecule has 0 spiro atoms. The molecule has 0 fully saturated rings. The Balaban J connectivity index is 1.67. The average molecular weight is 461 g/mol. The third kappa shape index (κ3) is 5.86. The normalized spacial score (nSPS) is 11.4. The molecule has 3 aromatic carbocycles. The molecule has 0 bridgehead atoms. The second-order valence-electron chi connectivity index (χ2n) is 6.46. The Bertz CT molecular complexity index is 1190. The molecule has 0 saturated carbocycles. The Morgan fingerprint density at radius 1 is 0.900 bits per heavy atom. The van der Waals surface area contributed by atoms with E-state index in [1.54, 1.807) is 55.5 Å². The summed E-state index contributed by atoms with van der Waals surface area (Å²) in [4.78, 5) is 12.1. The maximum Gasteiger partial charge on any atom is 0.261 e. The van der Waals surface area contributed by atoms with Gasteiger partial charge in [-0.1, -0.05) is 41.4 Å². The van der Waals surface area contributed by atoms with Gasteiger partial charge >= 0.3 is 0 Å². The molecule has 3 aromatic rings. The van der Waals surface area contributed by atoms with Crippen LogP contribution in [0.3, 0.4) is 0 Å². The highest BCUT2D eigenvalue weighted by Crippen LogP contribution is 2.24. The predicted molar refractivity (Wildman–Crippen MR) is 123 cm³/mol. The molecule has 3 rings (SSSR count). The van der Waals surface area contributed by atoms with Gasteiger partial charge in [0.1, 0.15) is 0 Å². The van der Waals surface area contributed by atoms with E-state index in [0.29, 0.717) is 21.4 Å². The summed E-state index contributed by atoms with van der Waals surface area (Å²) in [5, 5.41) is 3.73. The standard InChI is InChI=1S/C22H18Cl2N2O3S/c1-15-2-6-18(24)14-21(15)26-30(28,29)20-11-9-19(10-12-20)25-22(27)13-5-16-3-7-17(23)8-4-16/h2-14,26H,1H3,(H,25,27)/b13-5+. The van der Waals surface area contributed by atoms with Crippen molar-refractivity contribution in [2.24, 2.45) is 0 Å². The van der Waals surface area contributed by atoms with Gasteiger partial charge in [-0.15, -0.1) is 0 Å². The molecule has 5 nitrogen and oxygen atoms in total. The van der Waals surface area contributed by atoms with Crippen molar-refractivity contribution in [1.82, 2.24) is 0 Å². The molecule has 0 unspecified atom stereocenters. The number of sulfonamides is 1. The van der Waals surface area contributed by atoms with Crippen molar-refractivity contribution in [3.8, 4) is 0 Å². The zero-order valence-electron chi connectivity index (χ0n) is 15.9. The molecule has 2 N–H and O–H groups in total. The molecule has 0 radical (unpaired) electrons. The summed E-state index contributed by atoms with van der Waals surface area (Å²) in [6.45, 7) is 1.78. The monoisotopic (exact) mass is 460 g/mol. The average Bonchev–Trinajstić information content (AvgIpc) is 2.70. The van der Waals surface area contributed by atoms with E-state index in [9.17, 15) is 13.2 Å². The van der Waals surface area contributed by atoms with Crippen LogP contribution in [0, 0.1) is 6.92 Å². The van der Waals surface area contributed by atoms with Gasteiger partial charge in [0.05, 0.1) is 10.6 Å². The van der Waals surface area contributed by atoms with Crippen LogP contribution in [0.25, 0.3) is 6.08 Å². The van der Waals surface area contributed by atoms with Gasteiger partial charge < -0.3 is 5.32 Å². The van der Waals surface area contributed by atoms with Gasteiger partial charge in [0.2, 0.25) is 5.91 Å². The number of anilines is 2. The summed E-state index contributed by atoms with van der Waals surface area (Å²) in [5.41, 5.74) is 2.46. The highest BCUT2D eigenvalue weighted by molar-refractivity contribution is 7.92. The van der Waals surface area contributed by atoms with Crippen molar-refractivity contribution in [3.63, 3.8) is 0 Å². The zero-order valence-corrected chi connectivity index (χ0v) is 18.2. The van der Waals surface area contributed by atoms with Crippen LogP contribution in [-0.2, 0) is 14.8 Å². The summed E-state index contributed by atoms with van der Waals surface area (Å²) in [5.74, 6) is -0.340. The quantitative estimate of drug-likeness (QED) is 0.459. The number of hydrogen-bond acceptors (Lipinski definition) is 3. The lowest BCUT2D eigenvalue weighted by Gasteiger charge is -2.11. The molecule has 0 aliphatic heterocycles. The Labute approximate surface area is 185 Å². The molecule has 0 aliphatic carbocycles. The number of nitrogens with one attached hydrogen (secondary N) is 2. The van der Waals surface area contributed by atoms with E-state index in [4.69, 9.17) is 23.2 Å². The number of carbonyl (C=O) groups excluding carboxylic acids is 1. The summed E-state index contributed by atoms with van der Waals surface area (Å²) in [7, 11) is -3.79. The fourth-order valence-electron chi connectivity index (χ4n) is 2.56. The van der Waals surface area contributed by atoms with Crippen LogP contribution in [0.2, 0.25) is 10.0 Å². The lowest BCUT2D eigenvalue weighted by molar-refractivity contribution is -0.111. The van der Waals surface area contributed by atoms with Crippen LogP contribution >= 0.6 is 23.2 Å². The maximum absolute atomic E-state index is 12.6. The minimum atomic E-state index is -3.79. The number of rotatable bonds is 6. The first-order valence-electron chi connectivity index (χ1n) is 8.87. The molecule has 1 amide bonds. The molecule has 30 heavy (non-hydrogen) atoms. The lowest BCUT2D eigenvalue weighted by Crippen LogP contribution is -2.14. The topological polar surface area (TPSA) is 75.3 Å². The Kier molecular flexibility index (Phi) is 6.82. The van der Waals surface area contributed by atoms with Crippen LogP contribution in [0.4, 0.5) is 11.4 Å². The summed E-state index contributed by atoms with van der Waals surface area (Å²) in [6.07, 6.45) is 3.04. The van der Waals surface area contributed by atoms with E-state index < -0.39 is 10.0 Å². The van der Waals surface area contributed by atoms with Crippen LogP contribution in [0.1, 0.15) is 11.1 Å². The number of halogens is 2. The molecule has 0 heterocycles. The molecule has 0 saturated heterocycles. The van der Waals surface area contributed by atoms with Crippen molar-refractivity contribution >= 4 is 56.6 Å². The van der Waals surface area contributed by atoms with Crippen molar-refractivity contribution in [2.75, 3.05) is 10.0 Å². The molecule has 154 valence electrons. The Morgan fingerprint density at radius 2 is 1.53 bits per heavy atom. The lowest BCUT2D eigenvalue weighted by atomic mass is 10.2. The van der Waals surface area contributed by atoms with Gasteiger partial charge in [-0.2, -0.15) is 0 Å². The van der Waals surface area contributed by atoms with Gasteiger partial charge in [0.15, 0.2) is 0 Å². The molecule has 8 heteroatoms. The van der Waals surface area contributed by atoms with E-state index in [0.717, 1.165) is 11.1 Å². The molecule has 0 atom stereocenters. The number of aryl methyl sites for hydroxylation is 1. The van der Waals surface area contributed by atoms with E-state index in [-0.39, 0.29) is 10.8 Å². The summed E-state index contributed by atoms with van der Waals surface area (Å²) >= 11 is 11.8. The van der Waals surface area contributed by atoms with Gasteiger partial charge in [0.25, 0.3) is 10.0 Å². The molecule has 0 aliphatic rings. The van der Waals surface area contributed by atoms with Crippen molar-refractivity contribution in [1.29, 1.82) is 0 Å². The highest BCUT2D eigenvalue weighted by atomic mass is 35.5. The van der Waals surface area contributed by atoms with Crippen molar-refractivity contribution < 1.29 is 13.2 Å². The first-order chi connectivity index (χ1) is 14.2. The fraction of sp³-hybridized carbons (Fsp3) is 0.0455. The zero-order chi connectivity index (χ0) is 21.7. The van der Waals surface area contributed by atoms with E-state index in [1.807, 2.05) is 0 Å². The van der Waals surface area contributed by atoms with Crippen LogP contribution in [-0.4, -0.2) is 14.3 Å². The van der Waals surface area contributed by atoms with Crippen LogP contribution < -0.4 is 10.0 Å². The van der Waals surface area contributed by atoms with Crippen molar-refractivity contribution in [3.05, 3.63) is 94.0 Å². The van der Waals surface area contributed by atoms with Gasteiger partial charge in [-0.3, -0.25) is 9.52 Å². The summed E-state index contributed by atoms with van der Waals surface area (Å²) < 4.78 is 27.8. The van der Waals surface area contributed by atoms with Crippen LogP contribution in [0.15, 0.2) is 77.7 Å². The first kappa shape index (κ1) is 21.9. The number of benzene rings is 3. The van der Waals surface area contributed by atoms with Gasteiger partial charge in [0, 0.05) is 21.8 Å². The van der Waals surface area contributed by atoms with E-state index in [1.165, 1.54) is 30.3 Å². The fourth-order valence-corrected chi connectivity index (χ4v) is 3.97. The van der Waals surface area contributed by atoms with E-state index >= 15 is 0 Å². The van der Waals surface area contributed by atoms with Crippen molar-refractivity contribution in [2.45, 2.75) is 11.8 Å². The number of hydrogen-bond donors (Lipinski definition) is 2. The van der Waals surface area contributed by atoms with Gasteiger partial charge in [-0.05, 0) is 72.7 Å². The highest BCUT2D eigenvalue weighted by Gasteiger charge is 2.15. The third-order valence-electron chi connectivity index (χ3n) is 4.17. The maximum atomic E-state index is 12.6. The second kappa shape index (κ2) is 9.34. The largest absolute Gasteiger partial charge is 0.323 e. The first-order valence-corrected chi connectivity index (χ1v) is 11.1. The minimum absolute atomic E-state index is 0.0663.